The predicted octanol–water partition coefficient (Wildman–Crippen LogP) is 2.11. The molecule has 14 nitrogen and oxygen atoms in total. The van der Waals surface area contributed by atoms with E-state index >= 15 is 0 Å². The first-order valence-corrected chi connectivity index (χ1v) is 14.5. The summed E-state index contributed by atoms with van der Waals surface area (Å²) in [6.45, 7) is 5.37. The number of nitrogens with zero attached hydrogens (tertiary/aromatic N) is 1. The highest BCUT2D eigenvalue weighted by Gasteiger charge is 2.42. The van der Waals surface area contributed by atoms with Crippen LogP contribution >= 0.6 is 0 Å². The second-order valence-electron chi connectivity index (χ2n) is 10.5. The van der Waals surface area contributed by atoms with E-state index in [-0.39, 0.29) is 13.0 Å². The molecule has 2 aromatic rings. The molecule has 1 saturated heterocycles. The summed E-state index contributed by atoms with van der Waals surface area (Å²) in [4.78, 5) is 68.1. The van der Waals surface area contributed by atoms with E-state index in [0.29, 0.717) is 13.0 Å². The van der Waals surface area contributed by atoms with Crippen LogP contribution < -0.4 is 10.1 Å². The first kappa shape index (κ1) is 34.8. The summed E-state index contributed by atoms with van der Waals surface area (Å²) in [5.74, 6) is -6.55. The lowest BCUT2D eigenvalue weighted by molar-refractivity contribution is -0.176. The third kappa shape index (κ3) is 10.2. The summed E-state index contributed by atoms with van der Waals surface area (Å²) in [7, 11) is 0. The van der Waals surface area contributed by atoms with Gasteiger partial charge in [-0.05, 0) is 25.3 Å². The van der Waals surface area contributed by atoms with Crippen LogP contribution in [0, 0.1) is 11.8 Å². The second-order valence-corrected chi connectivity index (χ2v) is 10.5. The molecule has 2 heterocycles. The monoisotopic (exact) mass is 630 g/mol. The number of esters is 4. The van der Waals surface area contributed by atoms with Gasteiger partial charge in [0.1, 0.15) is 25.2 Å². The number of cyclic esters (lactones) is 2. The van der Waals surface area contributed by atoms with Crippen molar-refractivity contribution in [1.82, 2.24) is 10.3 Å². The van der Waals surface area contributed by atoms with Gasteiger partial charge in [-0.25, -0.2) is 14.6 Å². The van der Waals surface area contributed by atoms with Gasteiger partial charge in [-0.3, -0.25) is 14.4 Å². The number of hydrogen-bond donors (Lipinski definition) is 2. The molecule has 0 saturated carbocycles. The van der Waals surface area contributed by atoms with E-state index in [9.17, 15) is 29.1 Å². The number of nitrogens with one attached hydrogen (secondary N) is 1. The molecule has 3 rings (SSSR count). The molecule has 2 N–H and O–H groups in total. The van der Waals surface area contributed by atoms with Gasteiger partial charge in [-0.2, -0.15) is 0 Å². The Kier molecular flexibility index (Phi) is 13.1. The Morgan fingerprint density at radius 1 is 1.11 bits per heavy atom. The van der Waals surface area contributed by atoms with E-state index in [2.05, 4.69) is 10.3 Å². The fraction of sp³-hybridized carbons (Fsp3) is 0.484. The second kappa shape index (κ2) is 16.9. The molecule has 1 amide bonds. The summed E-state index contributed by atoms with van der Waals surface area (Å²) in [5.41, 5.74) is 0.306. The molecule has 1 aliphatic heterocycles. The summed E-state index contributed by atoms with van der Waals surface area (Å²) in [6.07, 6.45) is -0.342. The highest BCUT2D eigenvalue weighted by molar-refractivity contribution is 5.98. The molecule has 1 aromatic heterocycles. The summed E-state index contributed by atoms with van der Waals surface area (Å²) in [6, 6.07) is 8.62. The van der Waals surface area contributed by atoms with Crippen molar-refractivity contribution >= 4 is 29.8 Å². The maximum atomic E-state index is 13.4. The zero-order valence-electron chi connectivity index (χ0n) is 25.6. The molecule has 0 bridgehead atoms. The van der Waals surface area contributed by atoms with Gasteiger partial charge in [0.2, 0.25) is 6.79 Å². The van der Waals surface area contributed by atoms with E-state index in [1.54, 1.807) is 38.1 Å². The number of carbonyl (C=O) groups excluding carboxylic acids is 5. The summed E-state index contributed by atoms with van der Waals surface area (Å²) < 4.78 is 32.0. The molecular formula is C31H38N2O12. The van der Waals surface area contributed by atoms with Crippen LogP contribution in [0.5, 0.6) is 11.5 Å². The van der Waals surface area contributed by atoms with Crippen molar-refractivity contribution in [2.45, 2.75) is 58.8 Å². The molecule has 4 atom stereocenters. The Morgan fingerprint density at radius 2 is 1.84 bits per heavy atom. The number of aromatic hydroxyl groups is 1. The molecule has 244 valence electrons. The fourth-order valence-electron chi connectivity index (χ4n) is 4.21. The van der Waals surface area contributed by atoms with Crippen molar-refractivity contribution in [3.63, 3.8) is 0 Å². The van der Waals surface area contributed by atoms with Gasteiger partial charge in [0.15, 0.2) is 29.3 Å². The molecule has 0 aliphatic carbocycles. The van der Waals surface area contributed by atoms with Gasteiger partial charge >= 0.3 is 23.9 Å². The molecule has 14 heteroatoms. The van der Waals surface area contributed by atoms with E-state index in [4.69, 9.17) is 28.4 Å². The number of rotatable bonds is 13. The zero-order chi connectivity index (χ0) is 32.9. The summed E-state index contributed by atoms with van der Waals surface area (Å²) >= 11 is 0. The maximum Gasteiger partial charge on any atom is 0.334 e. The highest BCUT2D eigenvalue weighted by atomic mass is 16.7. The third-order valence-electron chi connectivity index (χ3n) is 6.56. The van der Waals surface area contributed by atoms with Crippen LogP contribution in [0.15, 0.2) is 42.6 Å². The molecule has 45 heavy (non-hydrogen) atoms. The van der Waals surface area contributed by atoms with Crippen LogP contribution in [0.1, 0.15) is 50.2 Å². The van der Waals surface area contributed by atoms with E-state index in [0.717, 1.165) is 17.8 Å². The Bertz CT molecular complexity index is 1330. The van der Waals surface area contributed by atoms with Crippen molar-refractivity contribution in [2.75, 3.05) is 26.6 Å². The van der Waals surface area contributed by atoms with Crippen molar-refractivity contribution in [3.05, 3.63) is 53.9 Å². The lowest BCUT2D eigenvalue weighted by atomic mass is 9.91. The van der Waals surface area contributed by atoms with Gasteiger partial charge in [-0.15, -0.1) is 0 Å². The third-order valence-corrected chi connectivity index (χ3v) is 6.56. The minimum Gasteiger partial charge on any atom is -0.504 e. The van der Waals surface area contributed by atoms with Gasteiger partial charge in [0.25, 0.3) is 5.91 Å². The zero-order valence-corrected chi connectivity index (χ0v) is 25.6. The van der Waals surface area contributed by atoms with E-state index in [1.807, 2.05) is 13.0 Å². The van der Waals surface area contributed by atoms with Crippen LogP contribution in [0.4, 0.5) is 0 Å². The van der Waals surface area contributed by atoms with Crippen molar-refractivity contribution in [1.29, 1.82) is 0 Å². The summed E-state index contributed by atoms with van der Waals surface area (Å²) in [5, 5.41) is 12.7. The van der Waals surface area contributed by atoms with Crippen LogP contribution in [0.2, 0.25) is 0 Å². The van der Waals surface area contributed by atoms with Crippen LogP contribution in [0.3, 0.4) is 0 Å². The number of hydrogen-bond acceptors (Lipinski definition) is 13. The predicted molar refractivity (Wildman–Crippen MR) is 155 cm³/mol. The SMILES string of the molecule is CCCOCC(=O)OCOc1c(O)ccnc1C(=O)NC1COC(=O)[C@H](Cc2ccccc2)C(OC(=O)C(C)C)[C@H](C)OC1=O. The number of benzene rings is 1. The first-order chi connectivity index (χ1) is 21.5. The Balaban J connectivity index is 1.78. The van der Waals surface area contributed by atoms with Gasteiger partial charge in [0.05, 0.1) is 5.92 Å². The number of pyridine rings is 1. The minimum absolute atomic E-state index is 0.123. The minimum atomic E-state index is -1.51. The average Bonchev–Trinajstić information content (AvgIpc) is 3.04. The Morgan fingerprint density at radius 3 is 2.53 bits per heavy atom. The smallest absolute Gasteiger partial charge is 0.334 e. The van der Waals surface area contributed by atoms with Crippen molar-refractivity contribution < 1.29 is 57.5 Å². The molecule has 0 radical (unpaired) electrons. The molecule has 2 unspecified atom stereocenters. The Labute approximate surface area is 260 Å². The standard InChI is InChI=1S/C31H38N2O12/c1-5-13-40-16-24(35)42-17-43-27-23(34)11-12-32-25(27)28(36)33-22-15-41-30(38)21(14-20-9-7-6-8-10-20)26(19(4)44-31(22)39)45-29(37)18(2)3/h6-12,18-19,21-22,26H,5,13-17H2,1-4H3,(H,32,34)(H,33,36)/t19-,21+,22?,26?/m0/s1. The number of amides is 1. The topological polar surface area (TPSA) is 186 Å². The first-order valence-electron chi connectivity index (χ1n) is 14.5. The van der Waals surface area contributed by atoms with Crippen molar-refractivity contribution in [2.24, 2.45) is 11.8 Å². The van der Waals surface area contributed by atoms with Gasteiger partial charge in [-0.1, -0.05) is 51.1 Å². The number of aromatic nitrogens is 1. The molecular weight excluding hydrogens is 592 g/mol. The molecule has 1 aromatic carbocycles. The Hall–Kier alpha value is -4.72. The van der Waals surface area contributed by atoms with E-state index in [1.165, 1.54) is 6.92 Å². The van der Waals surface area contributed by atoms with Crippen LogP contribution in [-0.2, 0) is 49.3 Å². The van der Waals surface area contributed by atoms with Gasteiger partial charge in [0, 0.05) is 18.9 Å². The normalized spacial score (nSPS) is 20.1. The molecule has 1 fully saturated rings. The lowest BCUT2D eigenvalue weighted by Crippen LogP contribution is -2.47. The number of ether oxygens (including phenoxy) is 6. The highest BCUT2D eigenvalue weighted by Crippen LogP contribution is 2.29. The maximum absolute atomic E-state index is 13.4. The largest absolute Gasteiger partial charge is 0.504 e. The van der Waals surface area contributed by atoms with Crippen LogP contribution in [0.25, 0.3) is 0 Å². The average molecular weight is 631 g/mol. The van der Waals surface area contributed by atoms with E-state index < -0.39 is 90.5 Å². The van der Waals surface area contributed by atoms with Gasteiger partial charge < -0.3 is 38.8 Å². The van der Waals surface area contributed by atoms with Crippen molar-refractivity contribution in [3.8, 4) is 11.5 Å². The number of carbonyl (C=O) groups is 5. The quantitative estimate of drug-likeness (QED) is 0.142. The lowest BCUT2D eigenvalue weighted by Gasteiger charge is -2.29. The fourth-order valence-corrected chi connectivity index (χ4v) is 4.21. The van der Waals surface area contributed by atoms with Crippen LogP contribution in [-0.4, -0.2) is 84.7 Å². The molecule has 0 spiro atoms. The molecule has 1 aliphatic rings.